The zero-order valence-electron chi connectivity index (χ0n) is 15.5. The van der Waals surface area contributed by atoms with Gasteiger partial charge in [-0.05, 0) is 43.7 Å². The second-order valence-corrected chi connectivity index (χ2v) is 6.33. The molecule has 1 unspecified atom stereocenters. The summed E-state index contributed by atoms with van der Waals surface area (Å²) in [5.74, 6) is 1.06. The van der Waals surface area contributed by atoms with Crippen molar-refractivity contribution < 1.29 is 14.3 Å². The Morgan fingerprint density at radius 2 is 1.59 bits per heavy atom. The summed E-state index contributed by atoms with van der Waals surface area (Å²) >= 11 is 0. The number of nitrogens with one attached hydrogen (secondary N) is 1. The number of hydrogen-bond acceptors (Lipinski definition) is 3. The Kier molecular flexibility index (Phi) is 6.10. The van der Waals surface area contributed by atoms with E-state index in [1.807, 2.05) is 85.8 Å². The lowest BCUT2D eigenvalue weighted by atomic mass is 10.2. The van der Waals surface area contributed by atoms with Gasteiger partial charge < -0.3 is 14.8 Å². The molecule has 0 aliphatic carbocycles. The minimum absolute atomic E-state index is 0.230. The normalized spacial score (nSPS) is 11.5. The van der Waals surface area contributed by atoms with Gasteiger partial charge in [0.2, 0.25) is 0 Å². The molecule has 3 aromatic rings. The average molecular weight is 361 g/mol. The molecular weight excluding hydrogens is 338 g/mol. The number of anilines is 1. The van der Waals surface area contributed by atoms with E-state index in [4.69, 9.17) is 9.47 Å². The van der Waals surface area contributed by atoms with Crippen molar-refractivity contribution in [3.05, 3.63) is 90.0 Å². The highest BCUT2D eigenvalue weighted by Gasteiger charge is 2.16. The minimum Gasteiger partial charge on any atom is -0.487 e. The molecule has 4 heteroatoms. The molecule has 0 bridgehead atoms. The molecule has 138 valence electrons. The highest BCUT2D eigenvalue weighted by molar-refractivity contribution is 5.95. The van der Waals surface area contributed by atoms with Gasteiger partial charge in [-0.15, -0.1) is 0 Å². The maximum atomic E-state index is 12.5. The zero-order chi connectivity index (χ0) is 19.1. The molecule has 0 fully saturated rings. The third kappa shape index (κ3) is 5.35. The van der Waals surface area contributed by atoms with Crippen LogP contribution in [-0.2, 0) is 11.4 Å². The Morgan fingerprint density at radius 1 is 0.926 bits per heavy atom. The summed E-state index contributed by atoms with van der Waals surface area (Å²) in [6.07, 6.45) is -0.630. The van der Waals surface area contributed by atoms with Gasteiger partial charge in [0.1, 0.15) is 18.1 Å². The van der Waals surface area contributed by atoms with Crippen molar-refractivity contribution in [1.82, 2.24) is 0 Å². The van der Waals surface area contributed by atoms with Gasteiger partial charge in [-0.3, -0.25) is 4.79 Å². The lowest BCUT2D eigenvalue weighted by molar-refractivity contribution is -0.122. The van der Waals surface area contributed by atoms with Crippen LogP contribution in [0.5, 0.6) is 11.5 Å². The summed E-state index contributed by atoms with van der Waals surface area (Å²) in [7, 11) is 0. The Balaban J connectivity index is 1.62. The fourth-order valence-electron chi connectivity index (χ4n) is 2.54. The van der Waals surface area contributed by atoms with E-state index in [0.717, 1.165) is 11.1 Å². The first-order valence-corrected chi connectivity index (χ1v) is 8.92. The number of ether oxygens (including phenoxy) is 2. The zero-order valence-corrected chi connectivity index (χ0v) is 15.5. The molecular formula is C23H23NO3. The van der Waals surface area contributed by atoms with E-state index in [9.17, 15) is 4.79 Å². The van der Waals surface area contributed by atoms with Crippen LogP contribution < -0.4 is 14.8 Å². The van der Waals surface area contributed by atoms with Gasteiger partial charge in [-0.2, -0.15) is 0 Å². The van der Waals surface area contributed by atoms with Crippen molar-refractivity contribution in [3.63, 3.8) is 0 Å². The SMILES string of the molecule is Cc1ccc(OC(C)C(=O)Nc2ccccc2OCc2ccccc2)cc1. The molecule has 1 amide bonds. The summed E-state index contributed by atoms with van der Waals surface area (Å²) in [6, 6.07) is 24.9. The van der Waals surface area contributed by atoms with Crippen LogP contribution in [0.15, 0.2) is 78.9 Å². The molecule has 27 heavy (non-hydrogen) atoms. The molecule has 0 aromatic heterocycles. The van der Waals surface area contributed by atoms with Crippen molar-refractivity contribution in [3.8, 4) is 11.5 Å². The van der Waals surface area contributed by atoms with Gasteiger partial charge in [0.05, 0.1) is 5.69 Å². The van der Waals surface area contributed by atoms with Crippen LogP contribution in [0.25, 0.3) is 0 Å². The number of benzene rings is 3. The third-order valence-electron chi connectivity index (χ3n) is 4.09. The Bertz CT molecular complexity index is 876. The number of aryl methyl sites for hydroxylation is 1. The molecule has 0 aliphatic rings. The van der Waals surface area contributed by atoms with Crippen LogP contribution in [-0.4, -0.2) is 12.0 Å². The second-order valence-electron chi connectivity index (χ2n) is 6.33. The topological polar surface area (TPSA) is 47.6 Å². The van der Waals surface area contributed by atoms with Gasteiger partial charge in [0.15, 0.2) is 6.10 Å². The summed E-state index contributed by atoms with van der Waals surface area (Å²) in [5, 5.41) is 2.89. The second kappa shape index (κ2) is 8.90. The van der Waals surface area contributed by atoms with Gasteiger partial charge in [0, 0.05) is 0 Å². The monoisotopic (exact) mass is 361 g/mol. The maximum absolute atomic E-state index is 12.5. The predicted molar refractivity (Wildman–Crippen MR) is 107 cm³/mol. The smallest absolute Gasteiger partial charge is 0.265 e. The van der Waals surface area contributed by atoms with E-state index in [1.54, 1.807) is 6.92 Å². The maximum Gasteiger partial charge on any atom is 0.265 e. The number of amides is 1. The van der Waals surface area contributed by atoms with Crippen molar-refractivity contribution >= 4 is 11.6 Å². The van der Waals surface area contributed by atoms with Crippen LogP contribution in [0, 0.1) is 6.92 Å². The number of hydrogen-bond donors (Lipinski definition) is 1. The number of rotatable bonds is 7. The molecule has 4 nitrogen and oxygen atoms in total. The molecule has 0 radical (unpaired) electrons. The van der Waals surface area contributed by atoms with E-state index in [1.165, 1.54) is 0 Å². The quantitative estimate of drug-likeness (QED) is 0.646. The number of carbonyl (C=O) groups is 1. The lowest BCUT2D eigenvalue weighted by Crippen LogP contribution is -2.30. The van der Waals surface area contributed by atoms with Gasteiger partial charge >= 0.3 is 0 Å². The molecule has 0 spiro atoms. The number of carbonyl (C=O) groups excluding carboxylic acids is 1. The molecule has 0 saturated heterocycles. The molecule has 3 aromatic carbocycles. The molecule has 3 rings (SSSR count). The Morgan fingerprint density at radius 3 is 2.33 bits per heavy atom. The van der Waals surface area contributed by atoms with Crippen LogP contribution in [0.4, 0.5) is 5.69 Å². The van der Waals surface area contributed by atoms with E-state index in [-0.39, 0.29) is 5.91 Å². The summed E-state index contributed by atoms with van der Waals surface area (Å²) in [5.41, 5.74) is 2.83. The van der Waals surface area contributed by atoms with E-state index in [2.05, 4.69) is 5.32 Å². The van der Waals surface area contributed by atoms with Gasteiger partial charge in [-0.1, -0.05) is 60.2 Å². The van der Waals surface area contributed by atoms with Crippen molar-refractivity contribution in [1.29, 1.82) is 0 Å². The molecule has 0 aliphatic heterocycles. The van der Waals surface area contributed by atoms with E-state index >= 15 is 0 Å². The van der Waals surface area contributed by atoms with Gasteiger partial charge in [0.25, 0.3) is 5.91 Å². The van der Waals surface area contributed by atoms with E-state index < -0.39 is 6.10 Å². The Hall–Kier alpha value is -3.27. The Labute approximate surface area is 159 Å². The molecule has 1 atom stereocenters. The first-order chi connectivity index (χ1) is 13.1. The standard InChI is InChI=1S/C23H23NO3/c1-17-12-14-20(15-13-17)27-18(2)23(25)24-21-10-6-7-11-22(21)26-16-19-8-4-3-5-9-19/h3-15,18H,16H2,1-2H3,(H,24,25). The average Bonchev–Trinajstić information content (AvgIpc) is 2.70. The number of para-hydroxylation sites is 2. The van der Waals surface area contributed by atoms with Crippen LogP contribution in [0.3, 0.4) is 0 Å². The highest BCUT2D eigenvalue weighted by atomic mass is 16.5. The largest absolute Gasteiger partial charge is 0.487 e. The summed E-state index contributed by atoms with van der Waals surface area (Å²) < 4.78 is 11.6. The summed E-state index contributed by atoms with van der Waals surface area (Å²) in [4.78, 5) is 12.5. The fraction of sp³-hybridized carbons (Fsp3) is 0.174. The van der Waals surface area contributed by atoms with Crippen LogP contribution in [0.1, 0.15) is 18.1 Å². The van der Waals surface area contributed by atoms with Crippen LogP contribution in [0.2, 0.25) is 0 Å². The van der Waals surface area contributed by atoms with Gasteiger partial charge in [-0.25, -0.2) is 0 Å². The molecule has 1 N–H and O–H groups in total. The predicted octanol–water partition coefficient (Wildman–Crippen LogP) is 4.98. The van der Waals surface area contributed by atoms with Crippen molar-refractivity contribution in [2.24, 2.45) is 0 Å². The fourth-order valence-corrected chi connectivity index (χ4v) is 2.54. The summed E-state index contributed by atoms with van der Waals surface area (Å²) in [6.45, 7) is 4.16. The first kappa shape index (κ1) is 18.5. The van der Waals surface area contributed by atoms with Crippen molar-refractivity contribution in [2.75, 3.05) is 5.32 Å². The minimum atomic E-state index is -0.630. The lowest BCUT2D eigenvalue weighted by Gasteiger charge is -2.17. The first-order valence-electron chi connectivity index (χ1n) is 8.92. The third-order valence-corrected chi connectivity index (χ3v) is 4.09. The molecule has 0 heterocycles. The highest BCUT2D eigenvalue weighted by Crippen LogP contribution is 2.25. The molecule has 0 saturated carbocycles. The van der Waals surface area contributed by atoms with E-state index in [0.29, 0.717) is 23.8 Å². The van der Waals surface area contributed by atoms with Crippen molar-refractivity contribution in [2.45, 2.75) is 26.6 Å². The van der Waals surface area contributed by atoms with Crippen LogP contribution >= 0.6 is 0 Å².